The average Bonchev–Trinajstić information content (AvgIpc) is 1.17. The lowest BCUT2D eigenvalue weighted by Crippen LogP contribution is -1.92. The second-order valence-electron chi connectivity index (χ2n) is 32.3. The average molecular weight is 1690 g/mol. The van der Waals surface area contributed by atoms with Gasteiger partial charge in [0, 0.05) is 32.3 Å². The molecule has 0 bridgehead atoms. The predicted octanol–water partition coefficient (Wildman–Crippen LogP) is 36.7. The number of hydrogen-bond donors (Lipinski definition) is 0. The lowest BCUT2D eigenvalue weighted by molar-refractivity contribution is 0.668. The molecule has 0 spiro atoms. The zero-order chi connectivity index (χ0) is 107. The topological polar surface area (TPSA) is 39.4 Å². The van der Waals surface area contributed by atoms with Gasteiger partial charge in [0.2, 0.25) is 0 Å². The van der Waals surface area contributed by atoms with Crippen LogP contribution in [0.15, 0.2) is 498 Å². The van der Waals surface area contributed by atoms with Crippen LogP contribution in [0.3, 0.4) is 0 Å². The maximum Gasteiger partial charge on any atom is 0.135 e. The van der Waals surface area contributed by atoms with Gasteiger partial charge in [0.05, 0.1) is 32.9 Å². The van der Waals surface area contributed by atoms with Crippen molar-refractivity contribution < 1.29 is 46.1 Å². The van der Waals surface area contributed by atoms with Gasteiger partial charge in [-0.2, -0.15) is 0 Å². The van der Waals surface area contributed by atoms with Crippen molar-refractivity contribution in [3.63, 3.8) is 0 Å². The SMILES string of the molecule is [2H]c1c([2H])c([2H])c2c(-c3ccc(-c4cccc5ccccc45)c4ccccc34)c3c([2H])c([2H])c([2H])c([2H])c3c(-c3ccc4oc5ccccc5c4c3)c2c1[2H].[2H]c1c([2H])c([2H])c2c(-c3ccccc3-c3ccc(-c4ccccc4)cc3)c3c([2H])c([2H])c([2H])c([2H])c3c(-c3ccc4oc5ccccc5c4c3)c2c1[2H].[2H]c1c([2H])c([2H])c2c(-c3ccccc3-c3ccccc3)c3c([2H])c([2H])c([2H])c([2H])c3c(-c3ccc4oc5ccccc5c4c3)c2c1[2H]. The van der Waals surface area contributed by atoms with E-state index in [2.05, 4.69) is 24.3 Å². The van der Waals surface area contributed by atoms with Crippen LogP contribution in [-0.2, 0) is 0 Å². The molecular formula is C128H80O3. The van der Waals surface area contributed by atoms with E-state index in [1.54, 1.807) is 36.4 Å². The van der Waals surface area contributed by atoms with Crippen LogP contribution in [-0.4, -0.2) is 0 Å². The highest BCUT2D eigenvalue weighted by Crippen LogP contribution is 2.53. The van der Waals surface area contributed by atoms with Crippen molar-refractivity contribution in [3.05, 3.63) is 485 Å². The Balaban J connectivity index is 0.000000120. The molecule has 0 atom stereocenters. The maximum absolute atomic E-state index is 9.46. The Morgan fingerprint density at radius 1 is 0.130 bits per heavy atom. The van der Waals surface area contributed by atoms with Crippen LogP contribution in [0.2, 0.25) is 0 Å². The van der Waals surface area contributed by atoms with Gasteiger partial charge in [-0.15, -0.1) is 0 Å². The normalized spacial score (nSPS) is 14.2. The minimum Gasteiger partial charge on any atom is -0.456 e. The first-order valence-electron chi connectivity index (χ1n) is 55.0. The van der Waals surface area contributed by atoms with Gasteiger partial charge >= 0.3 is 0 Å². The number of furan rings is 3. The third kappa shape index (κ3) is 13.0. The standard InChI is InChI=1S/C46H28O.C44H28O.C38H24O/c1-2-14-31-29(12-1)13-11-22-32(31)35-25-26-41(34-16-4-3-15-33(34)35)46-39-20-7-5-18-37(39)45(38-19-6-8-21-40(38)46)30-24-27-44-42(28-30)36-17-9-10-23-43(36)47-44;1-2-12-29(13-3-1)30-22-24-31(25-23-30)33-14-4-5-16-35(33)44-38-19-8-6-17-36(38)43(37-18-7-9-20-39(37)44)32-26-27-42-40(28-32)34-15-10-11-21-41(34)45-42;1-2-12-25(13-3-1)27-14-4-5-16-29(27)38-32-19-8-6-17-30(32)37(31-18-7-9-20-33(31)38)26-22-23-36-34(24-26)28-15-10-11-21-35(28)39-36/h1-28H;1-28H;1-24H/i5D,6D,7D,8D,18D,19D,20D,21D;2*6D,7D,8D,9D,17D,18D,19D,20D. The molecule has 27 aromatic rings. The van der Waals surface area contributed by atoms with Crippen LogP contribution < -0.4 is 0 Å². The van der Waals surface area contributed by atoms with Crippen molar-refractivity contribution >= 4 is 152 Å². The van der Waals surface area contributed by atoms with Crippen molar-refractivity contribution in [3.8, 4) is 111 Å². The Hall–Kier alpha value is -17.2. The van der Waals surface area contributed by atoms with Crippen LogP contribution in [0.25, 0.3) is 263 Å². The number of benzene rings is 24. The summed E-state index contributed by atoms with van der Waals surface area (Å²) in [7, 11) is 0. The molecule has 0 saturated heterocycles. The summed E-state index contributed by atoms with van der Waals surface area (Å²) in [5.41, 5.74) is 16.4. The van der Waals surface area contributed by atoms with Crippen molar-refractivity contribution in [1.82, 2.24) is 0 Å². The molecule has 24 aromatic carbocycles. The molecule has 0 aliphatic carbocycles. The molecular weight excluding hydrogens is 1590 g/mol. The molecule has 0 N–H and O–H groups in total. The smallest absolute Gasteiger partial charge is 0.135 e. The zero-order valence-corrected chi connectivity index (χ0v) is 69.6. The largest absolute Gasteiger partial charge is 0.456 e. The van der Waals surface area contributed by atoms with E-state index >= 15 is 0 Å². The molecule has 3 aromatic heterocycles. The molecule has 610 valence electrons. The first-order chi connectivity index (χ1) is 75.0. The van der Waals surface area contributed by atoms with Gasteiger partial charge in [-0.3, -0.25) is 0 Å². The molecule has 27 rings (SSSR count). The van der Waals surface area contributed by atoms with Crippen molar-refractivity contribution in [2.24, 2.45) is 0 Å². The summed E-state index contributed by atoms with van der Waals surface area (Å²) in [5, 5.41) is 10.8. The molecule has 0 radical (unpaired) electrons. The van der Waals surface area contributed by atoms with Crippen LogP contribution in [0.1, 0.15) is 32.9 Å². The van der Waals surface area contributed by atoms with E-state index in [1.807, 2.05) is 279 Å². The zero-order valence-electron chi connectivity index (χ0n) is 93.6. The Kier molecular flexibility index (Phi) is 13.5. The molecule has 0 aliphatic heterocycles. The molecule has 3 nitrogen and oxygen atoms in total. The van der Waals surface area contributed by atoms with Gasteiger partial charge in [-0.1, -0.05) is 430 Å². The highest BCUT2D eigenvalue weighted by molar-refractivity contribution is 6.28. The summed E-state index contributed by atoms with van der Waals surface area (Å²) < 4.78 is 236. The maximum atomic E-state index is 9.46. The Morgan fingerprint density at radius 3 is 0.756 bits per heavy atom. The fourth-order valence-electron chi connectivity index (χ4n) is 19.4. The van der Waals surface area contributed by atoms with Crippen LogP contribution in [0.5, 0.6) is 0 Å². The summed E-state index contributed by atoms with van der Waals surface area (Å²) in [6.45, 7) is 0. The van der Waals surface area contributed by atoms with E-state index in [1.165, 1.54) is 0 Å². The van der Waals surface area contributed by atoms with Crippen molar-refractivity contribution in [2.75, 3.05) is 0 Å². The first-order valence-corrected chi connectivity index (χ1v) is 43.0. The Morgan fingerprint density at radius 2 is 0.366 bits per heavy atom. The number of fused-ring (bicyclic) bond motifs is 17. The molecule has 0 amide bonds. The molecule has 0 aliphatic rings. The molecule has 3 heterocycles. The minimum atomic E-state index is -0.436. The Labute approximate surface area is 790 Å². The highest BCUT2D eigenvalue weighted by atomic mass is 16.3. The van der Waals surface area contributed by atoms with Gasteiger partial charge in [0.25, 0.3) is 0 Å². The number of hydrogen-bond acceptors (Lipinski definition) is 3. The second kappa shape index (κ2) is 32.0. The summed E-state index contributed by atoms with van der Waals surface area (Å²) in [6, 6.07) is 99.1. The summed E-state index contributed by atoms with van der Waals surface area (Å²) in [5.74, 6) is 0. The highest BCUT2D eigenvalue weighted by Gasteiger charge is 2.26. The van der Waals surface area contributed by atoms with Gasteiger partial charge < -0.3 is 13.3 Å². The lowest BCUT2D eigenvalue weighted by atomic mass is 9.83. The quantitative estimate of drug-likeness (QED) is 0.128. The first kappa shape index (κ1) is 55.3. The third-order valence-corrected chi connectivity index (χ3v) is 25.2. The summed E-state index contributed by atoms with van der Waals surface area (Å²) in [6.07, 6.45) is 0. The molecule has 131 heavy (non-hydrogen) atoms. The van der Waals surface area contributed by atoms with Crippen molar-refractivity contribution in [1.29, 1.82) is 0 Å². The second-order valence-corrected chi connectivity index (χ2v) is 32.3. The third-order valence-electron chi connectivity index (χ3n) is 25.2. The van der Waals surface area contributed by atoms with Crippen LogP contribution >= 0.6 is 0 Å². The van der Waals surface area contributed by atoms with E-state index < -0.39 is 72.5 Å². The fraction of sp³-hybridized carbons (Fsp3) is 0. The van der Waals surface area contributed by atoms with E-state index in [-0.39, 0.29) is 137 Å². The van der Waals surface area contributed by atoms with E-state index in [4.69, 9.17) is 29.7 Å². The number of rotatable bonds is 10. The van der Waals surface area contributed by atoms with Gasteiger partial charge in [0.15, 0.2) is 0 Å². The molecule has 0 saturated carbocycles. The van der Waals surface area contributed by atoms with Gasteiger partial charge in [-0.05, 0) is 252 Å². The van der Waals surface area contributed by atoms with Crippen molar-refractivity contribution in [2.45, 2.75) is 0 Å². The van der Waals surface area contributed by atoms with Crippen LogP contribution in [0.4, 0.5) is 0 Å². The lowest BCUT2D eigenvalue weighted by Gasteiger charge is -2.20. The summed E-state index contributed by atoms with van der Waals surface area (Å²) >= 11 is 0. The van der Waals surface area contributed by atoms with Gasteiger partial charge in [0.1, 0.15) is 33.5 Å². The minimum absolute atomic E-state index is 0.171. The fourth-order valence-corrected chi connectivity index (χ4v) is 19.4. The van der Waals surface area contributed by atoms with Crippen LogP contribution in [0, 0.1) is 0 Å². The number of para-hydroxylation sites is 3. The molecule has 0 unspecified atom stereocenters. The molecule has 3 heteroatoms. The van der Waals surface area contributed by atoms with E-state index in [0.29, 0.717) is 100 Å². The van der Waals surface area contributed by atoms with Gasteiger partial charge in [-0.25, -0.2) is 0 Å². The van der Waals surface area contributed by atoms with E-state index in [9.17, 15) is 16.4 Å². The van der Waals surface area contributed by atoms with E-state index in [0.717, 1.165) is 98.4 Å². The molecule has 0 fully saturated rings. The Bertz CT molecular complexity index is 10600. The summed E-state index contributed by atoms with van der Waals surface area (Å²) in [4.78, 5) is 0. The monoisotopic (exact) mass is 1690 g/mol. The predicted molar refractivity (Wildman–Crippen MR) is 556 cm³/mol.